The molecule has 1 atom stereocenters. The van der Waals surface area contributed by atoms with E-state index in [1.165, 1.54) is 13.8 Å². The van der Waals surface area contributed by atoms with Crippen LogP contribution >= 0.6 is 0 Å². The normalized spacial score (nSPS) is 13.3. The second-order valence-electron chi connectivity index (χ2n) is 4.23. The first kappa shape index (κ1) is 13.9. The predicted molar refractivity (Wildman–Crippen MR) is 55.3 cm³/mol. The third-order valence-corrected chi connectivity index (χ3v) is 2.19. The Balaban J connectivity index is 3.99. The van der Waals surface area contributed by atoms with Crippen molar-refractivity contribution in [1.82, 2.24) is 5.32 Å². The summed E-state index contributed by atoms with van der Waals surface area (Å²) in [6, 6.07) is 0. The number of aliphatic hydroxyl groups is 1. The monoisotopic (exact) mass is 217 g/mol. The van der Waals surface area contributed by atoms with Gasteiger partial charge in [-0.05, 0) is 20.3 Å². The quantitative estimate of drug-likeness (QED) is 0.600. The lowest BCUT2D eigenvalue weighted by atomic mass is 9.89. The van der Waals surface area contributed by atoms with Crippen LogP contribution in [0.4, 0.5) is 0 Å². The number of carboxylic acid groups (broad SMARTS) is 1. The number of rotatable bonds is 6. The molecule has 0 saturated heterocycles. The molecule has 0 fully saturated rings. The summed E-state index contributed by atoms with van der Waals surface area (Å²) < 4.78 is 0. The summed E-state index contributed by atoms with van der Waals surface area (Å²) in [5.41, 5.74) is -1.07. The number of carbonyl (C=O) groups excluding carboxylic acids is 1. The molecule has 0 radical (unpaired) electrons. The van der Waals surface area contributed by atoms with Crippen LogP contribution in [0, 0.1) is 5.41 Å². The van der Waals surface area contributed by atoms with Crippen molar-refractivity contribution in [2.24, 2.45) is 5.41 Å². The van der Waals surface area contributed by atoms with Crippen molar-refractivity contribution in [3.05, 3.63) is 0 Å². The largest absolute Gasteiger partial charge is 0.481 e. The first-order valence-corrected chi connectivity index (χ1v) is 4.97. The van der Waals surface area contributed by atoms with Crippen LogP contribution in [0.2, 0.25) is 0 Å². The molecule has 0 spiro atoms. The molecule has 5 heteroatoms. The van der Waals surface area contributed by atoms with Crippen LogP contribution in [0.1, 0.15) is 33.6 Å². The van der Waals surface area contributed by atoms with Gasteiger partial charge in [-0.1, -0.05) is 6.92 Å². The van der Waals surface area contributed by atoms with E-state index in [0.717, 1.165) is 0 Å². The van der Waals surface area contributed by atoms with Crippen molar-refractivity contribution in [2.75, 3.05) is 6.54 Å². The molecule has 1 unspecified atom stereocenters. The fourth-order valence-electron chi connectivity index (χ4n) is 0.915. The van der Waals surface area contributed by atoms with Gasteiger partial charge in [-0.15, -0.1) is 0 Å². The molecule has 0 aliphatic carbocycles. The molecule has 0 aromatic heterocycles. The van der Waals surface area contributed by atoms with Crippen molar-refractivity contribution in [1.29, 1.82) is 0 Å². The molecule has 1 amide bonds. The van der Waals surface area contributed by atoms with Crippen LogP contribution in [-0.2, 0) is 9.59 Å². The van der Waals surface area contributed by atoms with Crippen LogP contribution in [-0.4, -0.2) is 34.7 Å². The van der Waals surface area contributed by atoms with E-state index in [1.807, 2.05) is 0 Å². The van der Waals surface area contributed by atoms with Gasteiger partial charge in [-0.25, -0.2) is 0 Å². The van der Waals surface area contributed by atoms with Gasteiger partial charge in [0.1, 0.15) is 0 Å². The average Bonchev–Trinajstić information content (AvgIpc) is 2.13. The van der Waals surface area contributed by atoms with E-state index in [1.54, 1.807) is 6.92 Å². The van der Waals surface area contributed by atoms with Crippen molar-refractivity contribution < 1.29 is 19.8 Å². The van der Waals surface area contributed by atoms with E-state index in [4.69, 9.17) is 5.11 Å². The predicted octanol–water partition coefficient (Wildman–Crippen LogP) is 0.374. The second-order valence-corrected chi connectivity index (χ2v) is 4.23. The summed E-state index contributed by atoms with van der Waals surface area (Å²) in [6.07, 6.45) is -0.0941. The third kappa shape index (κ3) is 5.37. The minimum atomic E-state index is -1.07. The molecule has 0 aliphatic rings. The Morgan fingerprint density at radius 3 is 2.33 bits per heavy atom. The van der Waals surface area contributed by atoms with Gasteiger partial charge in [0.05, 0.1) is 11.5 Å². The molecule has 5 nitrogen and oxygen atoms in total. The lowest BCUT2D eigenvalue weighted by molar-refractivity contribution is -0.149. The summed E-state index contributed by atoms with van der Waals surface area (Å²) in [6.45, 7) is 4.96. The third-order valence-electron chi connectivity index (χ3n) is 2.19. The minimum Gasteiger partial charge on any atom is -0.481 e. The minimum absolute atomic E-state index is 0.0846. The molecule has 88 valence electrons. The second kappa shape index (κ2) is 5.70. The molecule has 0 aromatic rings. The van der Waals surface area contributed by atoms with Gasteiger partial charge in [-0.3, -0.25) is 9.59 Å². The van der Waals surface area contributed by atoms with Crippen LogP contribution in [0.3, 0.4) is 0 Å². The SMILES string of the molecule is CCC(O)CNC(=O)CC(C)(C)C(=O)O. The van der Waals surface area contributed by atoms with Crippen molar-refractivity contribution in [2.45, 2.75) is 39.7 Å². The Labute approximate surface area is 89.5 Å². The summed E-state index contributed by atoms with van der Waals surface area (Å²) in [7, 11) is 0. The highest BCUT2D eigenvalue weighted by Crippen LogP contribution is 2.19. The Kier molecular flexibility index (Phi) is 5.28. The van der Waals surface area contributed by atoms with Crippen LogP contribution in [0.25, 0.3) is 0 Å². The van der Waals surface area contributed by atoms with Crippen molar-refractivity contribution in [3.8, 4) is 0 Å². The average molecular weight is 217 g/mol. The van der Waals surface area contributed by atoms with Crippen LogP contribution in [0.5, 0.6) is 0 Å². The molecule has 0 saturated carbocycles. The highest BCUT2D eigenvalue weighted by atomic mass is 16.4. The van der Waals surface area contributed by atoms with Gasteiger partial charge < -0.3 is 15.5 Å². The molecule has 0 bridgehead atoms. The van der Waals surface area contributed by atoms with E-state index in [2.05, 4.69) is 5.32 Å². The summed E-state index contributed by atoms with van der Waals surface area (Å²) in [4.78, 5) is 22.0. The molecular formula is C10H19NO4. The molecule has 0 aliphatic heterocycles. The molecule has 0 heterocycles. The Bertz CT molecular complexity index is 238. The first-order chi connectivity index (χ1) is 6.79. The molecule has 0 aromatic carbocycles. The number of carboxylic acids is 1. The fraction of sp³-hybridized carbons (Fsp3) is 0.800. The standard InChI is InChI=1S/C10H19NO4/c1-4-7(12)6-11-8(13)5-10(2,3)9(14)15/h7,12H,4-6H2,1-3H3,(H,11,13)(H,14,15). The van der Waals surface area contributed by atoms with Gasteiger partial charge >= 0.3 is 5.97 Å². The van der Waals surface area contributed by atoms with Crippen LogP contribution < -0.4 is 5.32 Å². The van der Waals surface area contributed by atoms with Crippen LogP contribution in [0.15, 0.2) is 0 Å². The fourth-order valence-corrected chi connectivity index (χ4v) is 0.915. The number of amides is 1. The molecule has 3 N–H and O–H groups in total. The zero-order valence-electron chi connectivity index (χ0n) is 9.41. The Morgan fingerprint density at radius 2 is 1.93 bits per heavy atom. The first-order valence-electron chi connectivity index (χ1n) is 4.97. The lowest BCUT2D eigenvalue weighted by Crippen LogP contribution is -2.36. The number of nitrogens with one attached hydrogen (secondary N) is 1. The number of hydrogen-bond donors (Lipinski definition) is 3. The molecule has 15 heavy (non-hydrogen) atoms. The summed E-state index contributed by atoms with van der Waals surface area (Å²) in [5.74, 6) is -1.36. The van der Waals surface area contributed by atoms with Gasteiger partial charge in [0.15, 0.2) is 0 Å². The highest BCUT2D eigenvalue weighted by Gasteiger charge is 2.30. The topological polar surface area (TPSA) is 86.6 Å². The maximum atomic E-state index is 11.3. The van der Waals surface area contributed by atoms with Gasteiger partial charge in [0, 0.05) is 13.0 Å². The smallest absolute Gasteiger partial charge is 0.309 e. The zero-order valence-corrected chi connectivity index (χ0v) is 9.41. The van der Waals surface area contributed by atoms with Crippen molar-refractivity contribution >= 4 is 11.9 Å². The van der Waals surface area contributed by atoms with Crippen molar-refractivity contribution in [3.63, 3.8) is 0 Å². The van der Waals surface area contributed by atoms with E-state index >= 15 is 0 Å². The number of hydrogen-bond acceptors (Lipinski definition) is 3. The number of carbonyl (C=O) groups is 2. The van der Waals surface area contributed by atoms with Gasteiger partial charge in [0.25, 0.3) is 0 Å². The summed E-state index contributed by atoms with van der Waals surface area (Å²) >= 11 is 0. The highest BCUT2D eigenvalue weighted by molar-refractivity contribution is 5.84. The Morgan fingerprint density at radius 1 is 1.40 bits per heavy atom. The Hall–Kier alpha value is -1.10. The molecular weight excluding hydrogens is 198 g/mol. The maximum absolute atomic E-state index is 11.3. The number of aliphatic carboxylic acids is 1. The maximum Gasteiger partial charge on any atom is 0.309 e. The van der Waals surface area contributed by atoms with Gasteiger partial charge in [0.2, 0.25) is 5.91 Å². The van der Waals surface area contributed by atoms with Gasteiger partial charge in [-0.2, -0.15) is 0 Å². The van der Waals surface area contributed by atoms with E-state index < -0.39 is 17.5 Å². The number of aliphatic hydroxyl groups excluding tert-OH is 1. The summed E-state index contributed by atoms with van der Waals surface area (Å²) in [5, 5.41) is 20.5. The lowest BCUT2D eigenvalue weighted by Gasteiger charge is -2.18. The van der Waals surface area contributed by atoms with E-state index in [0.29, 0.717) is 6.42 Å². The van der Waals surface area contributed by atoms with E-state index in [-0.39, 0.29) is 18.9 Å². The van der Waals surface area contributed by atoms with E-state index in [9.17, 15) is 14.7 Å². The zero-order chi connectivity index (χ0) is 12.1. The molecule has 0 rings (SSSR count).